The fourth-order valence-corrected chi connectivity index (χ4v) is 1.89. The van der Waals surface area contributed by atoms with Crippen LogP contribution in [0.1, 0.15) is 19.4 Å². The van der Waals surface area contributed by atoms with Gasteiger partial charge in [0.1, 0.15) is 18.1 Å². The number of carbonyl (C=O) groups is 2. The summed E-state index contributed by atoms with van der Waals surface area (Å²) in [5.41, 5.74) is 0.974. The van der Waals surface area contributed by atoms with E-state index in [0.717, 1.165) is 5.56 Å². The van der Waals surface area contributed by atoms with Crippen molar-refractivity contribution in [3.63, 3.8) is 0 Å². The second-order valence-electron chi connectivity index (χ2n) is 4.70. The highest BCUT2D eigenvalue weighted by Crippen LogP contribution is 2.13. The summed E-state index contributed by atoms with van der Waals surface area (Å²) in [5.74, 6) is 1.50. The lowest BCUT2D eigenvalue weighted by molar-refractivity contribution is -0.123. The summed E-state index contributed by atoms with van der Waals surface area (Å²) in [6, 6.07) is 7.34. The first kappa shape index (κ1) is 15.8. The first-order valence-electron chi connectivity index (χ1n) is 6.28. The van der Waals surface area contributed by atoms with Gasteiger partial charge in [0.05, 0.1) is 5.75 Å². The molecule has 3 nitrogen and oxygen atoms in total. The maximum Gasteiger partial charge on any atom is 0.172 e. The minimum absolute atomic E-state index is 0.0107. The Balaban J connectivity index is 2.47. The van der Waals surface area contributed by atoms with E-state index in [1.807, 2.05) is 32.2 Å². The second-order valence-corrected chi connectivity index (χ2v) is 5.57. The van der Waals surface area contributed by atoms with E-state index in [2.05, 4.69) is 0 Å². The Kier molecular flexibility index (Phi) is 6.64. The van der Waals surface area contributed by atoms with E-state index in [1.165, 1.54) is 11.8 Å². The van der Waals surface area contributed by atoms with Gasteiger partial charge < -0.3 is 4.74 Å². The number of hydrogen-bond acceptors (Lipinski definition) is 4. The second kappa shape index (κ2) is 8.00. The van der Waals surface area contributed by atoms with Crippen LogP contribution in [0, 0.1) is 5.92 Å². The average Bonchev–Trinajstić information content (AvgIpc) is 2.37. The average molecular weight is 280 g/mol. The lowest BCUT2D eigenvalue weighted by atomic mass is 10.1. The summed E-state index contributed by atoms with van der Waals surface area (Å²) in [7, 11) is 0. The smallest absolute Gasteiger partial charge is 0.172 e. The first-order chi connectivity index (χ1) is 9.02. The van der Waals surface area contributed by atoms with E-state index in [9.17, 15) is 9.59 Å². The van der Waals surface area contributed by atoms with E-state index in [1.54, 1.807) is 12.1 Å². The molecule has 0 atom stereocenters. The summed E-state index contributed by atoms with van der Waals surface area (Å²) in [5, 5.41) is 0. The molecule has 0 saturated heterocycles. The normalized spacial score (nSPS) is 10.5. The lowest BCUT2D eigenvalue weighted by Crippen LogP contribution is -2.16. The van der Waals surface area contributed by atoms with Crippen molar-refractivity contribution in [1.29, 1.82) is 0 Å². The Hall–Kier alpha value is -1.29. The van der Waals surface area contributed by atoms with E-state index in [-0.39, 0.29) is 24.1 Å². The SMILES string of the molecule is CSCC(=O)Cc1ccc(OCC(=O)C(C)C)cc1. The molecule has 104 valence electrons. The molecule has 0 saturated carbocycles. The van der Waals surface area contributed by atoms with Crippen LogP contribution >= 0.6 is 11.8 Å². The van der Waals surface area contributed by atoms with Gasteiger partial charge in [-0.2, -0.15) is 11.8 Å². The van der Waals surface area contributed by atoms with Crippen LogP contribution in [0.5, 0.6) is 5.75 Å². The molecule has 0 aromatic heterocycles. The van der Waals surface area contributed by atoms with Gasteiger partial charge >= 0.3 is 0 Å². The molecule has 4 heteroatoms. The van der Waals surface area contributed by atoms with Crippen LogP contribution in [0.3, 0.4) is 0 Å². The fourth-order valence-electron chi connectivity index (χ4n) is 1.46. The standard InChI is InChI=1S/C15H20O3S/c1-11(2)15(17)9-18-14-6-4-12(5-7-14)8-13(16)10-19-3/h4-7,11H,8-10H2,1-3H3. The maximum absolute atomic E-state index is 11.5. The van der Waals surface area contributed by atoms with Gasteiger partial charge in [0, 0.05) is 12.3 Å². The molecular weight excluding hydrogens is 260 g/mol. The molecule has 0 unspecified atom stereocenters. The highest BCUT2D eigenvalue weighted by atomic mass is 32.2. The van der Waals surface area contributed by atoms with Crippen molar-refractivity contribution in [3.05, 3.63) is 29.8 Å². The van der Waals surface area contributed by atoms with E-state index >= 15 is 0 Å². The van der Waals surface area contributed by atoms with E-state index < -0.39 is 0 Å². The van der Waals surface area contributed by atoms with Gasteiger partial charge in [-0.3, -0.25) is 9.59 Å². The molecule has 0 bridgehead atoms. The molecule has 0 aliphatic carbocycles. The zero-order chi connectivity index (χ0) is 14.3. The van der Waals surface area contributed by atoms with Crippen LogP contribution in [-0.4, -0.2) is 30.2 Å². The van der Waals surface area contributed by atoms with Crippen LogP contribution in [0.25, 0.3) is 0 Å². The lowest BCUT2D eigenvalue weighted by Gasteiger charge is -2.08. The number of ketones is 2. The quantitative estimate of drug-likeness (QED) is 0.734. The van der Waals surface area contributed by atoms with Crippen molar-refractivity contribution in [2.24, 2.45) is 5.92 Å². The molecule has 0 aliphatic rings. The summed E-state index contributed by atoms with van der Waals surface area (Å²) in [6.07, 6.45) is 2.37. The van der Waals surface area contributed by atoms with Crippen LogP contribution in [0.4, 0.5) is 0 Å². The molecule has 1 aromatic rings. The zero-order valence-electron chi connectivity index (χ0n) is 11.6. The number of Topliss-reactive ketones (excluding diaryl/α,β-unsaturated/α-hetero) is 2. The minimum Gasteiger partial charge on any atom is -0.486 e. The van der Waals surface area contributed by atoms with Crippen LogP contribution in [-0.2, 0) is 16.0 Å². The topological polar surface area (TPSA) is 43.4 Å². The number of thioether (sulfide) groups is 1. The van der Waals surface area contributed by atoms with Crippen molar-refractivity contribution in [2.45, 2.75) is 20.3 Å². The predicted molar refractivity (Wildman–Crippen MR) is 78.9 cm³/mol. The highest BCUT2D eigenvalue weighted by molar-refractivity contribution is 7.99. The molecule has 0 fully saturated rings. The van der Waals surface area contributed by atoms with Crippen LogP contribution in [0.2, 0.25) is 0 Å². The summed E-state index contributed by atoms with van der Waals surface area (Å²) in [6.45, 7) is 3.81. The molecule has 1 rings (SSSR count). The van der Waals surface area contributed by atoms with Crippen molar-refractivity contribution < 1.29 is 14.3 Å². The molecule has 19 heavy (non-hydrogen) atoms. The third-order valence-electron chi connectivity index (χ3n) is 2.66. The molecular formula is C15H20O3S. The third kappa shape index (κ3) is 5.92. The Bertz CT molecular complexity index is 424. The molecule has 0 heterocycles. The number of carbonyl (C=O) groups excluding carboxylic acids is 2. The molecule has 0 spiro atoms. The summed E-state index contributed by atoms with van der Waals surface area (Å²) in [4.78, 5) is 22.9. The van der Waals surface area contributed by atoms with Gasteiger partial charge in [0.25, 0.3) is 0 Å². The minimum atomic E-state index is -0.0107. The molecule has 0 N–H and O–H groups in total. The molecule has 0 radical (unpaired) electrons. The monoisotopic (exact) mass is 280 g/mol. The number of benzene rings is 1. The summed E-state index contributed by atoms with van der Waals surface area (Å²) < 4.78 is 5.40. The Morgan fingerprint density at radius 3 is 2.37 bits per heavy atom. The van der Waals surface area contributed by atoms with Crippen molar-refractivity contribution >= 4 is 23.3 Å². The van der Waals surface area contributed by atoms with Gasteiger partial charge in [-0.15, -0.1) is 0 Å². The van der Waals surface area contributed by atoms with E-state index in [4.69, 9.17) is 4.74 Å². The zero-order valence-corrected chi connectivity index (χ0v) is 12.5. The predicted octanol–water partition coefficient (Wildman–Crippen LogP) is 2.77. The van der Waals surface area contributed by atoms with Crippen LogP contribution < -0.4 is 4.74 Å². The Labute approximate surface area is 118 Å². The van der Waals surface area contributed by atoms with Gasteiger partial charge in [-0.25, -0.2) is 0 Å². The van der Waals surface area contributed by atoms with Gasteiger partial charge in [0.15, 0.2) is 5.78 Å². The van der Waals surface area contributed by atoms with Gasteiger partial charge in [-0.05, 0) is 24.0 Å². The third-order valence-corrected chi connectivity index (χ3v) is 3.27. The van der Waals surface area contributed by atoms with Gasteiger partial charge in [0.2, 0.25) is 0 Å². The highest BCUT2D eigenvalue weighted by Gasteiger charge is 2.08. The molecule has 0 amide bonds. The summed E-state index contributed by atoms with van der Waals surface area (Å²) >= 11 is 1.53. The van der Waals surface area contributed by atoms with Crippen molar-refractivity contribution in [2.75, 3.05) is 18.6 Å². The number of rotatable bonds is 8. The fraction of sp³-hybridized carbons (Fsp3) is 0.467. The molecule has 1 aromatic carbocycles. The van der Waals surface area contributed by atoms with Crippen molar-refractivity contribution in [1.82, 2.24) is 0 Å². The number of hydrogen-bond donors (Lipinski definition) is 0. The first-order valence-corrected chi connectivity index (χ1v) is 7.67. The largest absolute Gasteiger partial charge is 0.486 e. The van der Waals surface area contributed by atoms with Gasteiger partial charge in [-0.1, -0.05) is 26.0 Å². The Morgan fingerprint density at radius 1 is 1.21 bits per heavy atom. The van der Waals surface area contributed by atoms with E-state index in [0.29, 0.717) is 17.9 Å². The Morgan fingerprint density at radius 2 is 1.84 bits per heavy atom. The van der Waals surface area contributed by atoms with Crippen molar-refractivity contribution in [3.8, 4) is 5.75 Å². The molecule has 0 aliphatic heterocycles. The van der Waals surface area contributed by atoms with Crippen LogP contribution in [0.15, 0.2) is 24.3 Å². The maximum atomic E-state index is 11.5. The number of ether oxygens (including phenoxy) is 1.